The van der Waals surface area contributed by atoms with Gasteiger partial charge in [0.2, 0.25) is 0 Å². The Labute approximate surface area is 135 Å². The molecule has 1 N–H and O–H groups in total. The second kappa shape index (κ2) is 7.96. The quantitative estimate of drug-likeness (QED) is 0.852. The van der Waals surface area contributed by atoms with Crippen molar-refractivity contribution in [2.75, 3.05) is 27.2 Å². The van der Waals surface area contributed by atoms with Crippen LogP contribution in [0.3, 0.4) is 0 Å². The zero-order chi connectivity index (χ0) is 15.9. The van der Waals surface area contributed by atoms with Crippen LogP contribution in [0.15, 0.2) is 41.8 Å². The first-order chi connectivity index (χ1) is 10.6. The number of amides is 1. The summed E-state index contributed by atoms with van der Waals surface area (Å²) in [7, 11) is 4.04. The number of nitrogens with one attached hydrogen (secondary N) is 1. The molecule has 1 amide bonds. The normalized spacial score (nSPS) is 12.2. The smallest absolute Gasteiger partial charge is 0.251 e. The van der Waals surface area contributed by atoms with Gasteiger partial charge in [0.05, 0.1) is 12.6 Å². The van der Waals surface area contributed by atoms with Crippen molar-refractivity contribution < 1.29 is 9.53 Å². The van der Waals surface area contributed by atoms with Crippen molar-refractivity contribution in [2.24, 2.45) is 0 Å². The van der Waals surface area contributed by atoms with Gasteiger partial charge in [-0.15, -0.1) is 11.3 Å². The Morgan fingerprint density at radius 1 is 1.27 bits per heavy atom. The highest BCUT2D eigenvalue weighted by molar-refractivity contribution is 7.10. The highest BCUT2D eigenvalue weighted by atomic mass is 32.1. The fourth-order valence-electron chi connectivity index (χ4n) is 2.18. The van der Waals surface area contributed by atoms with Gasteiger partial charge in [0.25, 0.3) is 5.91 Å². The number of carbonyl (C=O) groups is 1. The lowest BCUT2D eigenvalue weighted by atomic mass is 10.2. The van der Waals surface area contributed by atoms with Gasteiger partial charge in [-0.25, -0.2) is 0 Å². The lowest BCUT2D eigenvalue weighted by Gasteiger charge is -2.23. The molecule has 0 aliphatic heterocycles. The standard InChI is InChI=1S/C17H22N2O2S/c1-4-21-14-9-7-13(8-10-14)17(20)18-12-15(19(2)3)16-6-5-11-22-16/h5-11,15H,4,12H2,1-3H3,(H,18,20)/t15-/m1/s1. The molecule has 22 heavy (non-hydrogen) atoms. The molecule has 0 saturated carbocycles. The molecule has 2 aromatic rings. The van der Waals surface area contributed by atoms with Crippen LogP contribution in [0.5, 0.6) is 5.75 Å². The maximum Gasteiger partial charge on any atom is 0.251 e. The number of thiophene rings is 1. The van der Waals surface area contributed by atoms with E-state index in [-0.39, 0.29) is 11.9 Å². The van der Waals surface area contributed by atoms with E-state index in [1.165, 1.54) is 4.88 Å². The first-order valence-corrected chi connectivity index (χ1v) is 8.20. The first kappa shape index (κ1) is 16.5. The average Bonchev–Trinajstić information content (AvgIpc) is 3.02. The molecule has 1 heterocycles. The Morgan fingerprint density at radius 3 is 2.55 bits per heavy atom. The molecule has 1 atom stereocenters. The second-order valence-corrected chi connectivity index (χ2v) is 6.14. The van der Waals surface area contributed by atoms with Crippen LogP contribution in [0.1, 0.15) is 28.2 Å². The summed E-state index contributed by atoms with van der Waals surface area (Å²) in [5.41, 5.74) is 0.645. The van der Waals surface area contributed by atoms with E-state index in [1.54, 1.807) is 23.5 Å². The topological polar surface area (TPSA) is 41.6 Å². The Balaban J connectivity index is 1.96. The maximum absolute atomic E-state index is 12.2. The summed E-state index contributed by atoms with van der Waals surface area (Å²) in [6.07, 6.45) is 0. The van der Waals surface area contributed by atoms with E-state index in [0.717, 1.165) is 5.75 Å². The van der Waals surface area contributed by atoms with E-state index in [4.69, 9.17) is 4.74 Å². The maximum atomic E-state index is 12.2. The molecule has 4 nitrogen and oxygen atoms in total. The molecule has 0 unspecified atom stereocenters. The lowest BCUT2D eigenvalue weighted by molar-refractivity contribution is 0.0942. The molecule has 0 saturated heterocycles. The summed E-state index contributed by atoms with van der Waals surface area (Å²) in [6.45, 7) is 3.14. The SMILES string of the molecule is CCOc1ccc(C(=O)NC[C@H](c2cccs2)N(C)C)cc1. The van der Waals surface area contributed by atoms with Crippen LogP contribution in [-0.2, 0) is 0 Å². The van der Waals surface area contributed by atoms with Crippen molar-refractivity contribution in [3.8, 4) is 5.75 Å². The number of ether oxygens (including phenoxy) is 1. The molecule has 2 rings (SSSR count). The average molecular weight is 318 g/mol. The minimum atomic E-state index is -0.0635. The number of carbonyl (C=O) groups excluding carboxylic acids is 1. The Bertz CT molecular complexity index is 579. The van der Waals surface area contributed by atoms with Crippen molar-refractivity contribution in [3.05, 3.63) is 52.2 Å². The molecule has 0 fully saturated rings. The van der Waals surface area contributed by atoms with Crippen LogP contribution in [0.25, 0.3) is 0 Å². The van der Waals surface area contributed by atoms with Gasteiger partial charge < -0.3 is 15.0 Å². The van der Waals surface area contributed by atoms with E-state index in [1.807, 2.05) is 39.2 Å². The van der Waals surface area contributed by atoms with Gasteiger partial charge in [-0.05, 0) is 56.7 Å². The molecular weight excluding hydrogens is 296 g/mol. The van der Waals surface area contributed by atoms with Crippen molar-refractivity contribution in [2.45, 2.75) is 13.0 Å². The van der Waals surface area contributed by atoms with Gasteiger partial charge in [-0.2, -0.15) is 0 Å². The number of rotatable bonds is 7. The predicted molar refractivity (Wildman–Crippen MR) is 90.7 cm³/mol. The molecule has 1 aromatic heterocycles. The number of benzene rings is 1. The van der Waals surface area contributed by atoms with Gasteiger partial charge >= 0.3 is 0 Å². The molecule has 0 aliphatic rings. The predicted octanol–water partition coefficient (Wildman–Crippen LogP) is 3.18. The number of hydrogen-bond donors (Lipinski definition) is 1. The van der Waals surface area contributed by atoms with E-state index >= 15 is 0 Å². The number of hydrogen-bond acceptors (Lipinski definition) is 4. The van der Waals surface area contributed by atoms with E-state index < -0.39 is 0 Å². The molecule has 118 valence electrons. The van der Waals surface area contributed by atoms with Gasteiger partial charge in [0, 0.05) is 17.0 Å². The summed E-state index contributed by atoms with van der Waals surface area (Å²) in [4.78, 5) is 15.6. The summed E-state index contributed by atoms with van der Waals surface area (Å²) >= 11 is 1.70. The summed E-state index contributed by atoms with van der Waals surface area (Å²) in [6, 6.07) is 11.5. The van der Waals surface area contributed by atoms with Gasteiger partial charge in [-0.1, -0.05) is 6.07 Å². The lowest BCUT2D eigenvalue weighted by Crippen LogP contribution is -2.34. The van der Waals surface area contributed by atoms with E-state index in [9.17, 15) is 4.79 Å². The van der Waals surface area contributed by atoms with Crippen molar-refractivity contribution in [1.29, 1.82) is 0 Å². The molecule has 0 aliphatic carbocycles. The van der Waals surface area contributed by atoms with Crippen LogP contribution < -0.4 is 10.1 Å². The molecule has 5 heteroatoms. The third-order valence-electron chi connectivity index (χ3n) is 3.38. The largest absolute Gasteiger partial charge is 0.494 e. The summed E-state index contributed by atoms with van der Waals surface area (Å²) < 4.78 is 5.38. The zero-order valence-corrected chi connectivity index (χ0v) is 14.0. The number of likely N-dealkylation sites (N-methyl/N-ethyl adjacent to an activating group) is 1. The van der Waals surface area contributed by atoms with E-state index in [2.05, 4.69) is 21.7 Å². The Hall–Kier alpha value is -1.85. The Kier molecular flexibility index (Phi) is 5.98. The van der Waals surface area contributed by atoms with Gasteiger partial charge in [-0.3, -0.25) is 4.79 Å². The fraction of sp³-hybridized carbons (Fsp3) is 0.353. The van der Waals surface area contributed by atoms with Crippen LogP contribution >= 0.6 is 11.3 Å². The van der Waals surface area contributed by atoms with Crippen molar-refractivity contribution in [3.63, 3.8) is 0 Å². The second-order valence-electron chi connectivity index (χ2n) is 5.16. The fourth-order valence-corrected chi connectivity index (χ4v) is 3.10. The van der Waals surface area contributed by atoms with Crippen molar-refractivity contribution >= 4 is 17.2 Å². The molecule has 0 bridgehead atoms. The highest BCUT2D eigenvalue weighted by Gasteiger charge is 2.16. The van der Waals surface area contributed by atoms with Crippen LogP contribution in [0.4, 0.5) is 0 Å². The van der Waals surface area contributed by atoms with Crippen molar-refractivity contribution in [1.82, 2.24) is 10.2 Å². The third kappa shape index (κ3) is 4.32. The minimum Gasteiger partial charge on any atom is -0.494 e. The Morgan fingerprint density at radius 2 is 2.00 bits per heavy atom. The van der Waals surface area contributed by atoms with Gasteiger partial charge in [0.15, 0.2) is 0 Å². The van der Waals surface area contributed by atoms with Crippen LogP contribution in [0.2, 0.25) is 0 Å². The molecular formula is C17H22N2O2S. The third-order valence-corrected chi connectivity index (χ3v) is 4.35. The molecule has 0 radical (unpaired) electrons. The minimum absolute atomic E-state index is 0.0635. The first-order valence-electron chi connectivity index (χ1n) is 7.32. The van der Waals surface area contributed by atoms with Crippen LogP contribution in [-0.4, -0.2) is 38.1 Å². The monoisotopic (exact) mass is 318 g/mol. The molecule has 1 aromatic carbocycles. The summed E-state index contributed by atoms with van der Waals surface area (Å²) in [5, 5.41) is 5.06. The van der Waals surface area contributed by atoms with Crippen LogP contribution in [0, 0.1) is 0 Å². The summed E-state index contributed by atoms with van der Waals surface area (Å²) in [5.74, 6) is 0.718. The van der Waals surface area contributed by atoms with Gasteiger partial charge in [0.1, 0.15) is 5.75 Å². The number of nitrogens with zero attached hydrogens (tertiary/aromatic N) is 1. The highest BCUT2D eigenvalue weighted by Crippen LogP contribution is 2.22. The molecule has 0 spiro atoms. The zero-order valence-electron chi connectivity index (χ0n) is 13.2. The van der Waals surface area contributed by atoms with E-state index in [0.29, 0.717) is 18.7 Å².